The average molecular weight is 287 g/mol. The third-order valence-corrected chi connectivity index (χ3v) is 3.75. The van der Waals surface area contributed by atoms with E-state index in [4.69, 9.17) is 4.74 Å². The van der Waals surface area contributed by atoms with Crippen molar-refractivity contribution in [2.45, 2.75) is 50.7 Å². The number of halogens is 3. The van der Waals surface area contributed by atoms with E-state index < -0.39 is 11.7 Å². The van der Waals surface area contributed by atoms with Crippen molar-refractivity contribution in [2.24, 2.45) is 0 Å². The molecule has 0 atom stereocenters. The molecule has 5 heteroatoms. The summed E-state index contributed by atoms with van der Waals surface area (Å²) in [4.78, 5) is 0. The Hall–Kier alpha value is -1.39. The molecule has 2 nitrogen and oxygen atoms in total. The van der Waals surface area contributed by atoms with Crippen LogP contribution >= 0.6 is 0 Å². The van der Waals surface area contributed by atoms with Crippen molar-refractivity contribution in [3.63, 3.8) is 0 Å². The van der Waals surface area contributed by atoms with Crippen molar-refractivity contribution in [3.8, 4) is 5.75 Å². The van der Waals surface area contributed by atoms with Gasteiger partial charge in [-0.2, -0.15) is 13.2 Å². The Bertz CT molecular complexity index is 437. The zero-order valence-electron chi connectivity index (χ0n) is 11.6. The van der Waals surface area contributed by atoms with E-state index in [2.05, 4.69) is 5.32 Å². The molecule has 1 aromatic carbocycles. The highest BCUT2D eigenvalue weighted by atomic mass is 19.4. The van der Waals surface area contributed by atoms with Crippen molar-refractivity contribution < 1.29 is 17.9 Å². The summed E-state index contributed by atoms with van der Waals surface area (Å²) in [5.74, 6) is 0.226. The summed E-state index contributed by atoms with van der Waals surface area (Å²) >= 11 is 0. The van der Waals surface area contributed by atoms with Gasteiger partial charge in [-0.3, -0.25) is 0 Å². The summed E-state index contributed by atoms with van der Waals surface area (Å²) < 4.78 is 44.2. The van der Waals surface area contributed by atoms with Gasteiger partial charge in [0.15, 0.2) is 0 Å². The van der Waals surface area contributed by atoms with Gasteiger partial charge in [-0.05, 0) is 31.0 Å². The van der Waals surface area contributed by atoms with Crippen molar-refractivity contribution >= 4 is 5.69 Å². The normalized spacial score (nSPS) is 17.6. The van der Waals surface area contributed by atoms with Gasteiger partial charge in [0.2, 0.25) is 0 Å². The van der Waals surface area contributed by atoms with Crippen LogP contribution in [0.5, 0.6) is 5.75 Å². The Morgan fingerprint density at radius 2 is 1.75 bits per heavy atom. The third-order valence-electron chi connectivity index (χ3n) is 3.75. The number of ether oxygens (including phenoxy) is 1. The smallest absolute Gasteiger partial charge is 0.418 e. The maximum Gasteiger partial charge on any atom is 0.418 e. The lowest BCUT2D eigenvalue weighted by Gasteiger charge is -2.21. The van der Waals surface area contributed by atoms with Gasteiger partial charge in [0.1, 0.15) is 5.75 Å². The van der Waals surface area contributed by atoms with Gasteiger partial charge in [-0.25, -0.2) is 0 Å². The lowest BCUT2D eigenvalue weighted by molar-refractivity contribution is -0.137. The van der Waals surface area contributed by atoms with Crippen LogP contribution in [0.3, 0.4) is 0 Å². The number of hydrogen-bond donors (Lipinski definition) is 1. The monoisotopic (exact) mass is 287 g/mol. The fraction of sp³-hybridized carbons (Fsp3) is 0.600. The topological polar surface area (TPSA) is 21.3 Å². The van der Waals surface area contributed by atoms with Crippen LogP contribution in [0.25, 0.3) is 0 Å². The number of methoxy groups -OCH3 is 1. The molecule has 20 heavy (non-hydrogen) atoms. The van der Waals surface area contributed by atoms with E-state index in [9.17, 15) is 13.2 Å². The molecule has 112 valence electrons. The van der Waals surface area contributed by atoms with Crippen LogP contribution in [0.1, 0.15) is 44.1 Å². The van der Waals surface area contributed by atoms with Gasteiger partial charge in [-0.15, -0.1) is 0 Å². The standard InChI is InChI=1S/C15H20F3NO/c1-20-12-8-9-14(13(10-12)15(16,17)18)19-11-6-4-2-3-5-7-11/h8-11,19H,2-7H2,1H3. The predicted molar refractivity (Wildman–Crippen MR) is 73.1 cm³/mol. The number of hydrogen-bond acceptors (Lipinski definition) is 2. The van der Waals surface area contributed by atoms with Crippen LogP contribution in [0.2, 0.25) is 0 Å². The predicted octanol–water partition coefficient (Wildman–Crippen LogP) is 4.85. The first-order valence-corrected chi connectivity index (χ1v) is 7.02. The van der Waals surface area contributed by atoms with Crippen molar-refractivity contribution in [1.29, 1.82) is 0 Å². The van der Waals surface area contributed by atoms with Crippen molar-refractivity contribution in [1.82, 2.24) is 0 Å². The maximum absolute atomic E-state index is 13.1. The molecule has 1 aliphatic rings. The molecule has 2 rings (SSSR count). The lowest BCUT2D eigenvalue weighted by Crippen LogP contribution is -2.21. The van der Waals surface area contributed by atoms with Crippen molar-refractivity contribution in [2.75, 3.05) is 12.4 Å². The molecule has 0 unspecified atom stereocenters. The highest BCUT2D eigenvalue weighted by Crippen LogP contribution is 2.38. The number of anilines is 1. The molecule has 1 N–H and O–H groups in total. The van der Waals surface area contributed by atoms with E-state index in [1.165, 1.54) is 26.0 Å². The molecule has 0 amide bonds. The average Bonchev–Trinajstić information content (AvgIpc) is 2.66. The highest BCUT2D eigenvalue weighted by molar-refractivity contribution is 5.56. The van der Waals surface area contributed by atoms with Crippen molar-refractivity contribution in [3.05, 3.63) is 23.8 Å². The van der Waals surface area contributed by atoms with E-state index >= 15 is 0 Å². The first-order valence-electron chi connectivity index (χ1n) is 7.02. The molecule has 1 saturated carbocycles. The van der Waals surface area contributed by atoms with E-state index in [1.807, 2.05) is 0 Å². The summed E-state index contributed by atoms with van der Waals surface area (Å²) in [6.45, 7) is 0. The van der Waals surface area contributed by atoms with Crippen LogP contribution in [0, 0.1) is 0 Å². The zero-order valence-corrected chi connectivity index (χ0v) is 11.6. The minimum atomic E-state index is -4.37. The zero-order chi connectivity index (χ0) is 14.6. The van der Waals surface area contributed by atoms with Crippen LogP contribution in [0.15, 0.2) is 18.2 Å². The van der Waals surface area contributed by atoms with Gasteiger partial charge >= 0.3 is 6.18 Å². The lowest BCUT2D eigenvalue weighted by atomic mass is 10.1. The van der Waals surface area contributed by atoms with Gasteiger partial charge in [-0.1, -0.05) is 25.7 Å². The molecule has 0 aliphatic heterocycles. The SMILES string of the molecule is COc1ccc(NC2CCCCCC2)c(C(F)(F)F)c1. The molecule has 0 bridgehead atoms. The van der Waals surface area contributed by atoms with Gasteiger partial charge < -0.3 is 10.1 Å². The Balaban J connectivity index is 2.21. The fourth-order valence-electron chi connectivity index (χ4n) is 2.65. The largest absolute Gasteiger partial charge is 0.497 e. The maximum atomic E-state index is 13.1. The van der Waals surface area contributed by atoms with Gasteiger partial charge in [0, 0.05) is 11.7 Å². The summed E-state index contributed by atoms with van der Waals surface area (Å²) in [5.41, 5.74) is -0.494. The Kier molecular flexibility index (Phi) is 4.78. The fourth-order valence-corrected chi connectivity index (χ4v) is 2.65. The van der Waals surface area contributed by atoms with Crippen LogP contribution in [-0.4, -0.2) is 13.2 Å². The second-order valence-corrected chi connectivity index (χ2v) is 5.24. The quantitative estimate of drug-likeness (QED) is 0.802. The van der Waals surface area contributed by atoms with Gasteiger partial charge in [0.05, 0.1) is 12.7 Å². The van der Waals surface area contributed by atoms with E-state index in [1.54, 1.807) is 6.07 Å². The summed E-state index contributed by atoms with van der Waals surface area (Å²) in [5, 5.41) is 3.07. The molecule has 0 spiro atoms. The van der Waals surface area contributed by atoms with Gasteiger partial charge in [0.25, 0.3) is 0 Å². The molecule has 0 saturated heterocycles. The molecule has 1 fully saturated rings. The molecule has 0 radical (unpaired) electrons. The Morgan fingerprint density at radius 3 is 2.30 bits per heavy atom. The van der Waals surface area contributed by atoms with Crippen LogP contribution < -0.4 is 10.1 Å². The summed E-state index contributed by atoms with van der Waals surface area (Å²) in [7, 11) is 1.37. The first kappa shape index (κ1) is 15.0. The number of rotatable bonds is 3. The summed E-state index contributed by atoms with van der Waals surface area (Å²) in [6.07, 6.45) is 2.00. The number of nitrogens with one attached hydrogen (secondary N) is 1. The second-order valence-electron chi connectivity index (χ2n) is 5.24. The minimum Gasteiger partial charge on any atom is -0.497 e. The van der Waals surface area contributed by atoms with Crippen LogP contribution in [0.4, 0.5) is 18.9 Å². The number of benzene rings is 1. The minimum absolute atomic E-state index is 0.131. The molecular weight excluding hydrogens is 267 g/mol. The second kappa shape index (κ2) is 6.37. The molecule has 0 heterocycles. The number of alkyl halides is 3. The Labute approximate surface area is 117 Å². The molecule has 1 aliphatic carbocycles. The first-order chi connectivity index (χ1) is 9.50. The summed E-state index contributed by atoms with van der Waals surface area (Å²) in [6, 6.07) is 4.21. The van der Waals surface area contributed by atoms with Crippen LogP contribution in [-0.2, 0) is 6.18 Å². The highest BCUT2D eigenvalue weighted by Gasteiger charge is 2.34. The molecule has 1 aromatic rings. The Morgan fingerprint density at radius 1 is 1.10 bits per heavy atom. The molecular formula is C15H20F3NO. The van der Waals surface area contributed by atoms with E-state index in [0.717, 1.165) is 31.7 Å². The third kappa shape index (κ3) is 3.81. The molecule has 0 aromatic heterocycles. The van der Waals surface area contributed by atoms with E-state index in [-0.39, 0.29) is 17.5 Å². The van der Waals surface area contributed by atoms with E-state index in [0.29, 0.717) is 0 Å².